The number of ether oxygens (including phenoxy) is 1. The first-order valence-electron chi connectivity index (χ1n) is 11.2. The normalized spacial score (nSPS) is 11.0. The molecule has 0 aliphatic carbocycles. The summed E-state index contributed by atoms with van der Waals surface area (Å²) in [5.74, 6) is 1.80. The molecule has 0 spiro atoms. The molecule has 0 saturated heterocycles. The summed E-state index contributed by atoms with van der Waals surface area (Å²) in [6.45, 7) is 4.01. The number of halogens is 1. The van der Waals surface area contributed by atoms with Crippen LogP contribution in [0.4, 0.5) is 0 Å². The van der Waals surface area contributed by atoms with Crippen LogP contribution in [0.25, 0.3) is 11.0 Å². The molecule has 1 aromatic heterocycles. The topological polar surface area (TPSA) is 56.1 Å². The number of aryl methyl sites for hydroxylation is 2. The van der Waals surface area contributed by atoms with Gasteiger partial charge in [-0.1, -0.05) is 59.6 Å². The van der Waals surface area contributed by atoms with Crippen molar-refractivity contribution in [3.63, 3.8) is 0 Å². The Kier molecular flexibility index (Phi) is 7.63. The summed E-state index contributed by atoms with van der Waals surface area (Å²) in [5.41, 5.74) is 4.12. The van der Waals surface area contributed by atoms with Gasteiger partial charge >= 0.3 is 0 Å². The highest BCUT2D eigenvalue weighted by Gasteiger charge is 2.12. The number of carbonyl (C=O) groups excluding carboxylic acids is 1. The molecule has 0 aliphatic rings. The molecule has 3 aromatic carbocycles. The minimum absolute atomic E-state index is 0.0442. The summed E-state index contributed by atoms with van der Waals surface area (Å²) >= 11 is 6.17. The molecule has 1 heterocycles. The Morgan fingerprint density at radius 1 is 1.03 bits per heavy atom. The van der Waals surface area contributed by atoms with Crippen LogP contribution in [0, 0.1) is 6.92 Å². The molecule has 0 bridgehead atoms. The monoisotopic (exact) mass is 461 g/mol. The maximum atomic E-state index is 12.4. The molecule has 0 aliphatic heterocycles. The molecule has 4 aromatic rings. The average molecular weight is 462 g/mol. The van der Waals surface area contributed by atoms with Crippen molar-refractivity contribution in [1.82, 2.24) is 14.9 Å². The first kappa shape index (κ1) is 22.9. The van der Waals surface area contributed by atoms with E-state index in [1.165, 1.54) is 5.56 Å². The number of fused-ring (bicyclic) bond motifs is 1. The van der Waals surface area contributed by atoms with Gasteiger partial charge in [-0.2, -0.15) is 0 Å². The third kappa shape index (κ3) is 6.14. The Bertz CT molecular complexity index is 1220. The Balaban J connectivity index is 1.34. The minimum atomic E-state index is -0.0442. The molecular weight excluding hydrogens is 434 g/mol. The Hall–Kier alpha value is -3.31. The van der Waals surface area contributed by atoms with E-state index in [4.69, 9.17) is 21.3 Å². The number of benzene rings is 3. The zero-order chi connectivity index (χ0) is 23.0. The van der Waals surface area contributed by atoms with Gasteiger partial charge in [-0.15, -0.1) is 0 Å². The Morgan fingerprint density at radius 3 is 2.61 bits per heavy atom. The highest BCUT2D eigenvalue weighted by atomic mass is 35.5. The largest absolute Gasteiger partial charge is 0.494 e. The molecule has 0 saturated carbocycles. The number of imidazole rings is 1. The molecule has 1 N–H and O–H groups in total. The predicted molar refractivity (Wildman–Crippen MR) is 133 cm³/mol. The van der Waals surface area contributed by atoms with Crippen LogP contribution in [-0.4, -0.2) is 28.6 Å². The molecule has 170 valence electrons. The summed E-state index contributed by atoms with van der Waals surface area (Å²) in [6.07, 6.45) is 1.79. The maximum Gasteiger partial charge on any atom is 0.224 e. The predicted octanol–water partition coefficient (Wildman–Crippen LogP) is 5.37. The van der Waals surface area contributed by atoms with Gasteiger partial charge in [0.1, 0.15) is 11.6 Å². The van der Waals surface area contributed by atoms with Crippen molar-refractivity contribution in [2.45, 2.75) is 32.7 Å². The van der Waals surface area contributed by atoms with Crippen LogP contribution in [0.1, 0.15) is 23.4 Å². The fraction of sp³-hybridized carbons (Fsp3) is 0.259. The van der Waals surface area contributed by atoms with Crippen molar-refractivity contribution in [2.24, 2.45) is 0 Å². The van der Waals surface area contributed by atoms with E-state index in [0.717, 1.165) is 41.1 Å². The number of carbonyl (C=O) groups is 1. The van der Waals surface area contributed by atoms with E-state index in [1.54, 1.807) is 6.07 Å². The second-order valence-electron chi connectivity index (χ2n) is 8.05. The lowest BCUT2D eigenvalue weighted by molar-refractivity contribution is -0.120. The molecule has 0 unspecified atom stereocenters. The van der Waals surface area contributed by atoms with Crippen molar-refractivity contribution in [3.8, 4) is 5.75 Å². The molecule has 0 radical (unpaired) electrons. The zero-order valence-corrected chi connectivity index (χ0v) is 19.5. The van der Waals surface area contributed by atoms with Gasteiger partial charge in [-0.3, -0.25) is 4.79 Å². The van der Waals surface area contributed by atoms with Gasteiger partial charge in [-0.25, -0.2) is 4.98 Å². The standard InChI is InChI=1S/C27H28ClN3O2/c1-20-11-13-22(14-12-20)33-18-6-17-31-25-10-5-4-9-24(25)30-26(31)15-16-29-27(32)19-21-7-2-3-8-23(21)28/h2-5,7-14H,6,15-19H2,1H3,(H,29,32). The van der Waals surface area contributed by atoms with Gasteiger partial charge in [0.2, 0.25) is 5.91 Å². The average Bonchev–Trinajstić information content (AvgIpc) is 3.17. The zero-order valence-electron chi connectivity index (χ0n) is 18.8. The SMILES string of the molecule is Cc1ccc(OCCCn2c(CCNC(=O)Cc3ccccc3Cl)nc3ccccc32)cc1. The van der Waals surface area contributed by atoms with Crippen molar-refractivity contribution in [2.75, 3.05) is 13.2 Å². The van der Waals surface area contributed by atoms with Crippen molar-refractivity contribution < 1.29 is 9.53 Å². The molecule has 4 rings (SSSR count). The van der Waals surface area contributed by atoms with Crippen molar-refractivity contribution in [1.29, 1.82) is 0 Å². The lowest BCUT2D eigenvalue weighted by Crippen LogP contribution is -2.28. The van der Waals surface area contributed by atoms with Gasteiger partial charge in [0, 0.05) is 24.5 Å². The van der Waals surface area contributed by atoms with E-state index in [0.29, 0.717) is 24.6 Å². The van der Waals surface area contributed by atoms with E-state index in [9.17, 15) is 4.79 Å². The third-order valence-electron chi connectivity index (χ3n) is 5.53. The van der Waals surface area contributed by atoms with Crippen LogP contribution in [0.5, 0.6) is 5.75 Å². The van der Waals surface area contributed by atoms with Crippen LogP contribution >= 0.6 is 11.6 Å². The molecule has 0 fully saturated rings. The summed E-state index contributed by atoms with van der Waals surface area (Å²) < 4.78 is 8.12. The summed E-state index contributed by atoms with van der Waals surface area (Å²) in [5, 5.41) is 3.61. The van der Waals surface area contributed by atoms with E-state index >= 15 is 0 Å². The molecule has 5 nitrogen and oxygen atoms in total. The number of rotatable bonds is 10. The minimum Gasteiger partial charge on any atom is -0.494 e. The van der Waals surface area contributed by atoms with E-state index in [1.807, 2.05) is 48.5 Å². The molecule has 0 atom stereocenters. The first-order chi connectivity index (χ1) is 16.1. The molecule has 1 amide bonds. The molecular formula is C27H28ClN3O2. The number of aromatic nitrogens is 2. The highest BCUT2D eigenvalue weighted by Crippen LogP contribution is 2.18. The number of para-hydroxylation sites is 2. The van der Waals surface area contributed by atoms with Crippen molar-refractivity contribution in [3.05, 3.63) is 94.8 Å². The van der Waals surface area contributed by atoms with Gasteiger partial charge in [0.15, 0.2) is 0 Å². The lowest BCUT2D eigenvalue weighted by Gasteiger charge is -2.11. The summed E-state index contributed by atoms with van der Waals surface area (Å²) in [6, 6.07) is 23.7. The number of hydrogen-bond acceptors (Lipinski definition) is 3. The second-order valence-corrected chi connectivity index (χ2v) is 8.46. The number of nitrogens with one attached hydrogen (secondary N) is 1. The second kappa shape index (κ2) is 11.0. The van der Waals surface area contributed by atoms with Crippen LogP contribution in [0.3, 0.4) is 0 Å². The van der Waals surface area contributed by atoms with Crippen LogP contribution in [0.15, 0.2) is 72.8 Å². The quantitative estimate of drug-likeness (QED) is 0.323. The number of nitrogens with zero attached hydrogens (tertiary/aromatic N) is 2. The maximum absolute atomic E-state index is 12.4. The third-order valence-corrected chi connectivity index (χ3v) is 5.90. The van der Waals surface area contributed by atoms with E-state index < -0.39 is 0 Å². The van der Waals surface area contributed by atoms with Gasteiger partial charge in [-0.05, 0) is 49.2 Å². The fourth-order valence-electron chi connectivity index (χ4n) is 3.80. The highest BCUT2D eigenvalue weighted by molar-refractivity contribution is 6.31. The van der Waals surface area contributed by atoms with E-state index in [2.05, 4.69) is 35.0 Å². The summed E-state index contributed by atoms with van der Waals surface area (Å²) in [7, 11) is 0. The van der Waals surface area contributed by atoms with Crippen LogP contribution in [0.2, 0.25) is 5.02 Å². The van der Waals surface area contributed by atoms with Crippen LogP contribution < -0.4 is 10.1 Å². The Morgan fingerprint density at radius 2 is 1.79 bits per heavy atom. The van der Waals surface area contributed by atoms with Crippen molar-refractivity contribution >= 4 is 28.5 Å². The van der Waals surface area contributed by atoms with Gasteiger partial charge in [0.05, 0.1) is 24.1 Å². The summed E-state index contributed by atoms with van der Waals surface area (Å²) in [4.78, 5) is 17.2. The Labute approximate surface area is 199 Å². The lowest BCUT2D eigenvalue weighted by atomic mass is 10.1. The van der Waals surface area contributed by atoms with Gasteiger partial charge < -0.3 is 14.6 Å². The molecule has 33 heavy (non-hydrogen) atoms. The van der Waals surface area contributed by atoms with E-state index in [-0.39, 0.29) is 12.3 Å². The molecule has 6 heteroatoms. The smallest absolute Gasteiger partial charge is 0.224 e. The van der Waals surface area contributed by atoms with Crippen LogP contribution in [-0.2, 0) is 24.2 Å². The van der Waals surface area contributed by atoms with Gasteiger partial charge in [0.25, 0.3) is 0 Å². The fourth-order valence-corrected chi connectivity index (χ4v) is 4.01. The number of amides is 1. The number of hydrogen-bond donors (Lipinski definition) is 1. The first-order valence-corrected chi connectivity index (χ1v) is 11.6.